The summed E-state index contributed by atoms with van der Waals surface area (Å²) in [7, 11) is 0. The van der Waals surface area contributed by atoms with E-state index in [9.17, 15) is 14.7 Å². The molecular weight excluding hydrogens is 400 g/mol. The Labute approximate surface area is 179 Å². The van der Waals surface area contributed by atoms with Crippen molar-refractivity contribution in [3.05, 3.63) is 76.5 Å². The molecule has 1 unspecified atom stereocenters. The van der Waals surface area contributed by atoms with Gasteiger partial charge < -0.3 is 15.0 Å². The van der Waals surface area contributed by atoms with E-state index in [4.69, 9.17) is 11.6 Å². The Balaban J connectivity index is 1.73. The van der Waals surface area contributed by atoms with Crippen molar-refractivity contribution in [2.75, 3.05) is 0 Å². The fourth-order valence-electron chi connectivity index (χ4n) is 4.80. The van der Waals surface area contributed by atoms with E-state index in [0.717, 1.165) is 42.1 Å². The number of aromatic amines is 1. The van der Waals surface area contributed by atoms with Gasteiger partial charge in [0.1, 0.15) is 5.76 Å². The number of nitrogens with zero attached hydrogens (tertiary/aromatic N) is 1. The number of Topliss-reactive ketones (excluding diaryl/α,β-unsaturated/α-hetero) is 1. The van der Waals surface area contributed by atoms with Crippen LogP contribution in [0.3, 0.4) is 0 Å². The van der Waals surface area contributed by atoms with Gasteiger partial charge in [-0.2, -0.15) is 0 Å². The molecule has 3 aromatic rings. The monoisotopic (exact) mass is 420 g/mol. The van der Waals surface area contributed by atoms with Crippen LogP contribution < -0.4 is 0 Å². The van der Waals surface area contributed by atoms with Gasteiger partial charge >= 0.3 is 0 Å². The molecule has 5 rings (SSSR count). The van der Waals surface area contributed by atoms with Gasteiger partial charge in [0.15, 0.2) is 0 Å². The van der Waals surface area contributed by atoms with E-state index in [0.29, 0.717) is 10.6 Å². The number of fused-ring (bicyclic) bond motifs is 1. The van der Waals surface area contributed by atoms with E-state index >= 15 is 0 Å². The van der Waals surface area contributed by atoms with Crippen molar-refractivity contribution in [3.8, 4) is 0 Å². The molecule has 0 spiro atoms. The van der Waals surface area contributed by atoms with E-state index in [1.54, 1.807) is 29.2 Å². The first kappa shape index (κ1) is 18.9. The van der Waals surface area contributed by atoms with Gasteiger partial charge in [-0.15, -0.1) is 0 Å². The zero-order valence-corrected chi connectivity index (χ0v) is 17.0. The first-order valence-corrected chi connectivity index (χ1v) is 10.6. The van der Waals surface area contributed by atoms with Crippen LogP contribution in [0.25, 0.3) is 16.7 Å². The minimum Gasteiger partial charge on any atom is -0.507 e. The van der Waals surface area contributed by atoms with Crippen LogP contribution in [0.5, 0.6) is 0 Å². The van der Waals surface area contributed by atoms with Crippen LogP contribution in [0.2, 0.25) is 5.02 Å². The molecule has 1 aromatic heterocycles. The molecule has 2 fully saturated rings. The molecule has 152 valence electrons. The van der Waals surface area contributed by atoms with Gasteiger partial charge in [-0.25, -0.2) is 0 Å². The van der Waals surface area contributed by atoms with Crippen molar-refractivity contribution in [3.63, 3.8) is 0 Å². The quantitative estimate of drug-likeness (QED) is 0.348. The molecule has 2 aromatic carbocycles. The maximum Gasteiger partial charge on any atom is 0.295 e. The number of amides is 1. The summed E-state index contributed by atoms with van der Waals surface area (Å²) >= 11 is 5.98. The Morgan fingerprint density at radius 3 is 2.47 bits per heavy atom. The van der Waals surface area contributed by atoms with Crippen LogP contribution in [0.1, 0.15) is 42.9 Å². The van der Waals surface area contributed by atoms with Crippen molar-refractivity contribution in [1.82, 2.24) is 9.88 Å². The molecule has 1 aliphatic heterocycles. The summed E-state index contributed by atoms with van der Waals surface area (Å²) in [4.78, 5) is 31.2. The van der Waals surface area contributed by atoms with E-state index in [2.05, 4.69) is 4.98 Å². The number of carbonyl (C=O) groups is 2. The molecule has 2 N–H and O–H groups in total. The van der Waals surface area contributed by atoms with E-state index in [1.165, 1.54) is 0 Å². The fourth-order valence-corrected chi connectivity index (χ4v) is 4.92. The number of ketones is 1. The molecule has 2 aliphatic rings. The van der Waals surface area contributed by atoms with Gasteiger partial charge in [0.25, 0.3) is 11.7 Å². The van der Waals surface area contributed by atoms with Crippen molar-refractivity contribution < 1.29 is 14.7 Å². The van der Waals surface area contributed by atoms with Crippen LogP contribution in [0.4, 0.5) is 0 Å². The molecule has 1 saturated heterocycles. The molecule has 0 radical (unpaired) electrons. The number of H-pyrrole nitrogens is 1. The zero-order chi connectivity index (χ0) is 20.8. The second-order valence-electron chi connectivity index (χ2n) is 7.94. The van der Waals surface area contributed by atoms with E-state index in [1.807, 2.05) is 30.5 Å². The summed E-state index contributed by atoms with van der Waals surface area (Å²) in [5.41, 5.74) is 2.36. The molecule has 0 bridgehead atoms. The SMILES string of the molecule is O=C1C(=O)N(C2CCCC2)C(c2c[nH]c3ccccc23)/C1=C(\O)c1ccc(Cl)cc1. The zero-order valence-electron chi connectivity index (χ0n) is 16.3. The number of nitrogens with one attached hydrogen (secondary N) is 1. The Morgan fingerprint density at radius 1 is 1.03 bits per heavy atom. The highest BCUT2D eigenvalue weighted by Gasteiger charge is 2.49. The number of aliphatic hydroxyl groups is 1. The summed E-state index contributed by atoms with van der Waals surface area (Å²) in [6.07, 6.45) is 5.65. The van der Waals surface area contributed by atoms with Crippen LogP contribution in [-0.2, 0) is 9.59 Å². The third-order valence-electron chi connectivity index (χ3n) is 6.23. The number of carbonyl (C=O) groups excluding carboxylic acids is 2. The summed E-state index contributed by atoms with van der Waals surface area (Å²) in [5.74, 6) is -1.34. The minimum absolute atomic E-state index is 0.00405. The normalized spacial score (nSPS) is 21.8. The van der Waals surface area contributed by atoms with Crippen molar-refractivity contribution >= 4 is 40.0 Å². The van der Waals surface area contributed by atoms with Crippen molar-refractivity contribution in [1.29, 1.82) is 0 Å². The number of hydrogen-bond acceptors (Lipinski definition) is 3. The molecule has 1 saturated carbocycles. The second-order valence-corrected chi connectivity index (χ2v) is 8.38. The van der Waals surface area contributed by atoms with E-state index < -0.39 is 17.7 Å². The molecule has 1 aliphatic carbocycles. The highest BCUT2D eigenvalue weighted by Crippen LogP contribution is 2.45. The number of para-hydroxylation sites is 1. The fraction of sp³-hybridized carbons (Fsp3) is 0.250. The highest BCUT2D eigenvalue weighted by molar-refractivity contribution is 6.46. The first-order valence-electron chi connectivity index (χ1n) is 10.2. The molecular formula is C24H21ClN2O3. The first-order chi connectivity index (χ1) is 14.6. The molecule has 5 nitrogen and oxygen atoms in total. The maximum absolute atomic E-state index is 13.2. The second kappa shape index (κ2) is 7.33. The largest absolute Gasteiger partial charge is 0.507 e. The molecule has 1 atom stereocenters. The van der Waals surface area contributed by atoms with Crippen molar-refractivity contribution in [2.24, 2.45) is 0 Å². The average Bonchev–Trinajstić information content (AvgIpc) is 3.47. The lowest BCUT2D eigenvalue weighted by Gasteiger charge is -2.30. The predicted octanol–water partition coefficient (Wildman–Crippen LogP) is 5.19. The average molecular weight is 421 g/mol. The Bertz CT molecular complexity index is 1170. The number of hydrogen-bond donors (Lipinski definition) is 2. The van der Waals surface area contributed by atoms with Gasteiger partial charge in [-0.3, -0.25) is 9.59 Å². The van der Waals surface area contributed by atoms with Gasteiger partial charge in [-0.1, -0.05) is 42.6 Å². The summed E-state index contributed by atoms with van der Waals surface area (Å²) in [5, 5.41) is 12.6. The summed E-state index contributed by atoms with van der Waals surface area (Å²) in [6, 6.07) is 13.8. The highest BCUT2D eigenvalue weighted by atomic mass is 35.5. The number of aromatic nitrogens is 1. The molecule has 6 heteroatoms. The smallest absolute Gasteiger partial charge is 0.295 e. The van der Waals surface area contributed by atoms with Crippen LogP contribution in [0.15, 0.2) is 60.3 Å². The van der Waals surface area contributed by atoms with Gasteiger partial charge in [0, 0.05) is 39.3 Å². The predicted molar refractivity (Wildman–Crippen MR) is 116 cm³/mol. The number of likely N-dealkylation sites (tertiary alicyclic amines) is 1. The Hall–Kier alpha value is -3.05. The van der Waals surface area contributed by atoms with E-state index in [-0.39, 0.29) is 17.4 Å². The lowest BCUT2D eigenvalue weighted by atomic mass is 9.94. The molecule has 2 heterocycles. The lowest BCUT2D eigenvalue weighted by molar-refractivity contribution is -0.141. The van der Waals surface area contributed by atoms with Gasteiger partial charge in [-0.05, 0) is 43.2 Å². The minimum atomic E-state index is -0.635. The number of halogens is 1. The third kappa shape index (κ3) is 2.92. The third-order valence-corrected chi connectivity index (χ3v) is 6.48. The number of aliphatic hydroxyl groups excluding tert-OH is 1. The van der Waals surface area contributed by atoms with Crippen LogP contribution in [0, 0.1) is 0 Å². The number of rotatable bonds is 3. The van der Waals surface area contributed by atoms with Crippen molar-refractivity contribution in [2.45, 2.75) is 37.8 Å². The van der Waals surface area contributed by atoms with Crippen LogP contribution in [-0.4, -0.2) is 32.7 Å². The maximum atomic E-state index is 13.2. The molecule has 30 heavy (non-hydrogen) atoms. The number of benzene rings is 2. The lowest BCUT2D eigenvalue weighted by Crippen LogP contribution is -2.37. The standard InChI is InChI=1S/C24H21ClN2O3/c25-15-11-9-14(10-12-15)22(28)20-21(18-13-26-19-8-4-3-7-17(18)19)27(24(30)23(20)29)16-5-1-2-6-16/h3-4,7-13,16,21,26,28H,1-2,5-6H2/b22-20+. The topological polar surface area (TPSA) is 73.4 Å². The van der Waals surface area contributed by atoms with Crippen LogP contribution >= 0.6 is 11.6 Å². The molecule has 1 amide bonds. The van der Waals surface area contributed by atoms with Gasteiger partial charge in [0.2, 0.25) is 0 Å². The summed E-state index contributed by atoms with van der Waals surface area (Å²) < 4.78 is 0. The van der Waals surface area contributed by atoms with Gasteiger partial charge in [0.05, 0.1) is 11.6 Å². The Kier molecular flexibility index (Phi) is 4.63. The Morgan fingerprint density at radius 2 is 1.73 bits per heavy atom. The summed E-state index contributed by atoms with van der Waals surface area (Å²) in [6.45, 7) is 0.